The van der Waals surface area contributed by atoms with Crippen molar-refractivity contribution in [3.63, 3.8) is 0 Å². The van der Waals surface area contributed by atoms with E-state index in [9.17, 15) is 0 Å². The van der Waals surface area contributed by atoms with Crippen molar-refractivity contribution in [2.45, 2.75) is 32.1 Å². The van der Waals surface area contributed by atoms with Gasteiger partial charge in [0.05, 0.1) is 11.4 Å². The van der Waals surface area contributed by atoms with Crippen LogP contribution in [0.25, 0.3) is 123 Å². The summed E-state index contributed by atoms with van der Waals surface area (Å²) in [5.74, 6) is 2.78. The molecule has 340 valence electrons. The lowest BCUT2D eigenvalue weighted by atomic mass is 9.82. The maximum Gasteiger partial charge on any atom is 0.164 e. The van der Waals surface area contributed by atoms with Gasteiger partial charge in [0.1, 0.15) is 11.2 Å². The zero-order valence-corrected chi connectivity index (χ0v) is 39.9. The Morgan fingerprint density at radius 1 is 0.333 bits per heavy atom. The molecule has 6 nitrogen and oxygen atoms in total. The van der Waals surface area contributed by atoms with Crippen molar-refractivity contribution in [2.24, 2.45) is 0 Å². The zero-order chi connectivity index (χ0) is 48.1. The van der Waals surface area contributed by atoms with Crippen molar-refractivity contribution >= 4 is 21.9 Å². The molecule has 0 fully saturated rings. The minimum Gasteiger partial charge on any atom is -0.456 e. The Morgan fingerprint density at radius 2 is 0.847 bits per heavy atom. The number of hydrogen-bond donors (Lipinski definition) is 0. The second-order valence-corrected chi connectivity index (χ2v) is 19.6. The highest BCUT2D eigenvalue weighted by molar-refractivity contribution is 6.05. The third-order valence-electron chi connectivity index (χ3n) is 15.0. The van der Waals surface area contributed by atoms with Crippen LogP contribution in [0.15, 0.2) is 217 Å². The number of para-hydroxylation sites is 1. The maximum absolute atomic E-state index is 6.31. The summed E-state index contributed by atoms with van der Waals surface area (Å²) >= 11 is 0. The Morgan fingerprint density at radius 3 is 1.64 bits per heavy atom. The molecule has 9 aromatic carbocycles. The molecule has 2 aliphatic carbocycles. The van der Waals surface area contributed by atoms with Crippen LogP contribution >= 0.6 is 0 Å². The topological polar surface area (TPSA) is 77.6 Å². The Bertz CT molecular complexity index is 4170. The Labute approximate surface area is 417 Å². The third kappa shape index (κ3) is 6.82. The summed E-state index contributed by atoms with van der Waals surface area (Å²) < 4.78 is 6.31. The average molecular weight is 924 g/mol. The second-order valence-electron chi connectivity index (χ2n) is 19.6. The van der Waals surface area contributed by atoms with Gasteiger partial charge in [-0.05, 0) is 104 Å². The first-order chi connectivity index (χ1) is 35.3. The van der Waals surface area contributed by atoms with Gasteiger partial charge in [0.15, 0.2) is 23.3 Å². The Kier molecular flexibility index (Phi) is 9.42. The monoisotopic (exact) mass is 923 g/mol. The summed E-state index contributed by atoms with van der Waals surface area (Å²) in [4.78, 5) is 26.3. The number of fused-ring (bicyclic) bond motifs is 9. The molecule has 0 spiro atoms. The predicted octanol–water partition coefficient (Wildman–Crippen LogP) is 16.7. The van der Waals surface area contributed by atoms with Gasteiger partial charge in [-0.2, -0.15) is 0 Å². The average Bonchev–Trinajstić information content (AvgIpc) is 4.04. The van der Waals surface area contributed by atoms with E-state index in [1.165, 1.54) is 44.5 Å². The van der Waals surface area contributed by atoms with Crippen LogP contribution in [0, 0.1) is 0 Å². The van der Waals surface area contributed by atoms with Crippen LogP contribution < -0.4 is 0 Å². The zero-order valence-electron chi connectivity index (χ0n) is 39.9. The molecule has 0 N–H and O–H groups in total. The Hall–Kier alpha value is -9.13. The van der Waals surface area contributed by atoms with Gasteiger partial charge in [0.25, 0.3) is 0 Å². The number of hydrogen-bond acceptors (Lipinski definition) is 6. The molecule has 0 amide bonds. The normalized spacial score (nSPS) is 14.0. The lowest BCUT2D eigenvalue weighted by Crippen LogP contribution is -2.15. The van der Waals surface area contributed by atoms with E-state index in [0.717, 1.165) is 77.8 Å². The minimum atomic E-state index is -0.172. The minimum absolute atomic E-state index is 0.172. The lowest BCUT2D eigenvalue weighted by molar-refractivity contribution is 0.660. The van der Waals surface area contributed by atoms with Crippen molar-refractivity contribution in [2.75, 3.05) is 0 Å². The maximum atomic E-state index is 6.31. The molecule has 0 radical (unpaired) electrons. The van der Waals surface area contributed by atoms with Crippen LogP contribution in [0.5, 0.6) is 0 Å². The van der Waals surface area contributed by atoms with Crippen molar-refractivity contribution in [3.8, 4) is 101 Å². The molecule has 0 aliphatic heterocycles. The van der Waals surface area contributed by atoms with Crippen LogP contribution in [-0.2, 0) is 5.41 Å². The molecule has 0 saturated carbocycles. The van der Waals surface area contributed by atoms with Crippen LogP contribution in [0.3, 0.4) is 0 Å². The lowest BCUT2D eigenvalue weighted by Gasteiger charge is -2.21. The van der Waals surface area contributed by atoms with Gasteiger partial charge in [-0.15, -0.1) is 0 Å². The summed E-state index contributed by atoms with van der Waals surface area (Å²) in [5.41, 5.74) is 21.3. The first-order valence-electron chi connectivity index (χ1n) is 24.6. The molecule has 0 bridgehead atoms. The number of furan rings is 1. The van der Waals surface area contributed by atoms with E-state index in [1.807, 2.05) is 36.4 Å². The molecule has 2 aliphatic rings. The van der Waals surface area contributed by atoms with E-state index in [-0.39, 0.29) is 11.3 Å². The van der Waals surface area contributed by atoms with Gasteiger partial charge in [0, 0.05) is 55.5 Å². The second kappa shape index (κ2) is 16.2. The summed E-state index contributed by atoms with van der Waals surface area (Å²) in [6.07, 6.45) is 0. The van der Waals surface area contributed by atoms with E-state index >= 15 is 0 Å². The standard InChI is InChI=1S/C66H45N5O/c1-39-48-21-7-8-22-49(48)50-30-27-45(35-55(39)50)64-69-63(70-65(71-64)46-28-31-52-51-23-9-11-25-56(51)66(2,3)57(52)36-46)44-20-14-18-42(34-44)41-17-13-19-43(33-41)59-38-58(40-15-5-4-6-16-40)67-62(68-59)47-29-32-54-53-24-10-12-26-60(53)72-61(54)37-47/h4-39H,1-3H3. The quantitative estimate of drug-likeness (QED) is 0.158. The smallest absolute Gasteiger partial charge is 0.164 e. The first kappa shape index (κ1) is 41.8. The molecule has 3 aromatic heterocycles. The van der Waals surface area contributed by atoms with E-state index in [2.05, 4.69) is 197 Å². The first-order valence-corrected chi connectivity index (χ1v) is 24.6. The van der Waals surface area contributed by atoms with Crippen LogP contribution in [-0.4, -0.2) is 24.9 Å². The number of rotatable bonds is 7. The van der Waals surface area contributed by atoms with E-state index in [0.29, 0.717) is 23.3 Å². The molecule has 6 heteroatoms. The molecule has 3 heterocycles. The van der Waals surface area contributed by atoms with E-state index < -0.39 is 0 Å². The molecular weight excluding hydrogens is 879 g/mol. The van der Waals surface area contributed by atoms with E-state index in [4.69, 9.17) is 29.3 Å². The molecule has 72 heavy (non-hydrogen) atoms. The summed E-state index contributed by atoms with van der Waals surface area (Å²) in [6, 6.07) is 74.7. The highest BCUT2D eigenvalue weighted by atomic mass is 16.3. The third-order valence-corrected chi connectivity index (χ3v) is 15.0. The fourth-order valence-electron chi connectivity index (χ4n) is 11.2. The Balaban J connectivity index is 0.871. The predicted molar refractivity (Wildman–Crippen MR) is 291 cm³/mol. The molecule has 14 rings (SSSR count). The van der Waals surface area contributed by atoms with Gasteiger partial charge in [0.2, 0.25) is 0 Å². The van der Waals surface area contributed by atoms with Crippen molar-refractivity contribution in [1.29, 1.82) is 0 Å². The summed E-state index contributed by atoms with van der Waals surface area (Å²) in [7, 11) is 0. The van der Waals surface area contributed by atoms with Crippen LogP contribution in [0.1, 0.15) is 48.9 Å². The number of aromatic nitrogens is 5. The highest BCUT2D eigenvalue weighted by Crippen LogP contribution is 2.50. The van der Waals surface area contributed by atoms with Crippen molar-refractivity contribution in [3.05, 3.63) is 235 Å². The van der Waals surface area contributed by atoms with Crippen LogP contribution in [0.2, 0.25) is 0 Å². The van der Waals surface area contributed by atoms with Gasteiger partial charge in [-0.3, -0.25) is 0 Å². The molecule has 12 aromatic rings. The van der Waals surface area contributed by atoms with Crippen molar-refractivity contribution < 1.29 is 4.42 Å². The van der Waals surface area contributed by atoms with Crippen molar-refractivity contribution in [1.82, 2.24) is 24.9 Å². The fraction of sp³-hybridized carbons (Fsp3) is 0.0758. The van der Waals surface area contributed by atoms with Crippen LogP contribution in [0.4, 0.5) is 0 Å². The molecule has 0 saturated heterocycles. The van der Waals surface area contributed by atoms with Gasteiger partial charge in [-0.1, -0.05) is 185 Å². The molecule has 1 unspecified atom stereocenters. The van der Waals surface area contributed by atoms with Gasteiger partial charge >= 0.3 is 0 Å². The van der Waals surface area contributed by atoms with E-state index in [1.54, 1.807) is 0 Å². The summed E-state index contributed by atoms with van der Waals surface area (Å²) in [5, 5.41) is 2.15. The molecule has 1 atom stereocenters. The number of benzene rings is 9. The highest BCUT2D eigenvalue weighted by Gasteiger charge is 2.35. The van der Waals surface area contributed by atoms with Gasteiger partial charge < -0.3 is 4.42 Å². The largest absolute Gasteiger partial charge is 0.456 e. The number of nitrogens with zero attached hydrogens (tertiary/aromatic N) is 5. The van der Waals surface area contributed by atoms with Gasteiger partial charge in [-0.25, -0.2) is 24.9 Å². The summed E-state index contributed by atoms with van der Waals surface area (Å²) in [6.45, 7) is 6.91. The fourth-order valence-corrected chi connectivity index (χ4v) is 11.2. The SMILES string of the molecule is CC1c2ccccc2-c2ccc(-c3nc(-c4cccc(-c5cccc(-c6cc(-c7ccccc7)nc(-c7ccc8c(c7)oc7ccccc78)n6)c5)c4)nc(-c4ccc5c(c4)C(C)(C)c4ccccc4-5)n3)cc21. The molecular formula is C66H45N5O.